The van der Waals surface area contributed by atoms with E-state index in [1.54, 1.807) is 13.3 Å². The summed E-state index contributed by atoms with van der Waals surface area (Å²) in [5, 5.41) is 6.59. The summed E-state index contributed by atoms with van der Waals surface area (Å²) >= 11 is 0. The van der Waals surface area contributed by atoms with Gasteiger partial charge in [0, 0.05) is 28.7 Å². The number of esters is 1. The molecule has 4 aromatic rings. The minimum absolute atomic E-state index is 0.327. The van der Waals surface area contributed by atoms with Gasteiger partial charge in [-0.15, -0.1) is 0 Å². The zero-order chi connectivity index (χ0) is 23.8. The molecule has 1 atom stereocenters. The summed E-state index contributed by atoms with van der Waals surface area (Å²) in [5.74, 6) is 0.720. The first-order valence-electron chi connectivity index (χ1n) is 10.9. The SMILES string of the molecule is COC(=O)C(Cc1cnc(Nc2ccccc2)nc1Nc1ccccc1)c1ccccc1OC. The number of nitrogens with one attached hydrogen (secondary N) is 2. The molecule has 7 nitrogen and oxygen atoms in total. The molecular formula is C27H26N4O3. The summed E-state index contributed by atoms with van der Waals surface area (Å²) in [5.41, 5.74) is 3.26. The van der Waals surface area contributed by atoms with Gasteiger partial charge in [0.2, 0.25) is 5.95 Å². The fourth-order valence-electron chi connectivity index (χ4n) is 3.67. The molecule has 1 aromatic heterocycles. The van der Waals surface area contributed by atoms with E-state index in [1.165, 1.54) is 7.11 Å². The lowest BCUT2D eigenvalue weighted by Gasteiger charge is -2.20. The van der Waals surface area contributed by atoms with Gasteiger partial charge in [-0.1, -0.05) is 54.6 Å². The molecule has 0 amide bonds. The van der Waals surface area contributed by atoms with Crippen molar-refractivity contribution in [2.45, 2.75) is 12.3 Å². The van der Waals surface area contributed by atoms with Crippen molar-refractivity contribution in [1.29, 1.82) is 0 Å². The number of rotatable bonds is 9. The molecule has 1 heterocycles. The van der Waals surface area contributed by atoms with Gasteiger partial charge in [-0.3, -0.25) is 4.79 Å². The van der Waals surface area contributed by atoms with Crippen LogP contribution in [0.25, 0.3) is 0 Å². The fraction of sp³-hybridized carbons (Fsp3) is 0.148. The summed E-state index contributed by atoms with van der Waals surface area (Å²) in [6, 6.07) is 26.9. The van der Waals surface area contributed by atoms with Crippen molar-refractivity contribution in [1.82, 2.24) is 9.97 Å². The maximum absolute atomic E-state index is 12.8. The van der Waals surface area contributed by atoms with Crippen LogP contribution >= 0.6 is 0 Å². The number of para-hydroxylation sites is 3. The van der Waals surface area contributed by atoms with Crippen molar-refractivity contribution in [3.05, 3.63) is 102 Å². The van der Waals surface area contributed by atoms with Gasteiger partial charge in [0.25, 0.3) is 0 Å². The van der Waals surface area contributed by atoms with Crippen molar-refractivity contribution in [3.8, 4) is 5.75 Å². The number of aromatic nitrogens is 2. The molecule has 0 saturated heterocycles. The molecule has 0 bridgehead atoms. The second-order valence-corrected chi connectivity index (χ2v) is 7.57. The maximum Gasteiger partial charge on any atom is 0.313 e. The van der Waals surface area contributed by atoms with Gasteiger partial charge in [-0.25, -0.2) is 4.98 Å². The summed E-state index contributed by atoms with van der Waals surface area (Å²) in [4.78, 5) is 22.0. The molecule has 34 heavy (non-hydrogen) atoms. The number of nitrogens with zero attached hydrogens (tertiary/aromatic N) is 2. The summed E-state index contributed by atoms with van der Waals surface area (Å²) in [7, 11) is 2.97. The standard InChI is InChI=1S/C27H26N4O3/c1-33-24-16-10-9-15-22(24)23(26(32)34-2)17-19-18-28-27(30-21-13-7-4-8-14-21)31-25(19)29-20-11-5-3-6-12-20/h3-16,18,23H,17H2,1-2H3,(H2,28,29,30,31). The van der Waals surface area contributed by atoms with Gasteiger partial charge in [-0.05, 0) is 36.8 Å². The summed E-state index contributed by atoms with van der Waals surface area (Å²) in [6.07, 6.45) is 2.06. The Morgan fingerprint density at radius 2 is 1.47 bits per heavy atom. The Morgan fingerprint density at radius 1 is 0.853 bits per heavy atom. The second kappa shape index (κ2) is 11.0. The molecule has 7 heteroatoms. The normalized spacial score (nSPS) is 11.4. The number of carbonyl (C=O) groups is 1. The van der Waals surface area contributed by atoms with Crippen LogP contribution in [0.1, 0.15) is 17.0 Å². The maximum atomic E-state index is 12.8. The Balaban J connectivity index is 1.71. The van der Waals surface area contributed by atoms with E-state index in [-0.39, 0.29) is 5.97 Å². The third-order valence-corrected chi connectivity index (χ3v) is 5.36. The van der Waals surface area contributed by atoms with Crippen LogP contribution in [0.15, 0.2) is 91.1 Å². The van der Waals surface area contributed by atoms with Crippen LogP contribution in [-0.4, -0.2) is 30.2 Å². The molecule has 1 unspecified atom stereocenters. The molecule has 0 fully saturated rings. The van der Waals surface area contributed by atoms with Gasteiger partial charge in [0.1, 0.15) is 11.6 Å². The predicted octanol–water partition coefficient (Wildman–Crippen LogP) is 5.47. The topological polar surface area (TPSA) is 85.4 Å². The van der Waals surface area contributed by atoms with E-state index in [9.17, 15) is 4.79 Å². The van der Waals surface area contributed by atoms with Crippen LogP contribution in [0, 0.1) is 0 Å². The quantitative estimate of drug-likeness (QED) is 0.324. The van der Waals surface area contributed by atoms with E-state index >= 15 is 0 Å². The van der Waals surface area contributed by atoms with Gasteiger partial charge in [0.05, 0.1) is 20.1 Å². The zero-order valence-corrected chi connectivity index (χ0v) is 19.1. The Morgan fingerprint density at radius 3 is 2.12 bits per heavy atom. The highest BCUT2D eigenvalue weighted by atomic mass is 16.5. The van der Waals surface area contributed by atoms with Gasteiger partial charge in [-0.2, -0.15) is 4.98 Å². The van der Waals surface area contributed by atoms with Crippen molar-refractivity contribution >= 4 is 29.1 Å². The number of methoxy groups -OCH3 is 2. The fourth-order valence-corrected chi connectivity index (χ4v) is 3.67. The van der Waals surface area contributed by atoms with Crippen LogP contribution in [0.3, 0.4) is 0 Å². The number of carbonyl (C=O) groups excluding carboxylic acids is 1. The average molecular weight is 455 g/mol. The monoisotopic (exact) mass is 454 g/mol. The first kappa shape index (κ1) is 22.8. The highest BCUT2D eigenvalue weighted by Crippen LogP contribution is 2.32. The van der Waals surface area contributed by atoms with E-state index < -0.39 is 5.92 Å². The van der Waals surface area contributed by atoms with E-state index in [4.69, 9.17) is 14.5 Å². The van der Waals surface area contributed by atoms with Crippen LogP contribution < -0.4 is 15.4 Å². The number of benzene rings is 3. The molecule has 0 aliphatic heterocycles. The Kier molecular flexibility index (Phi) is 7.35. The second-order valence-electron chi connectivity index (χ2n) is 7.57. The number of anilines is 4. The van der Waals surface area contributed by atoms with Crippen LogP contribution in [0.2, 0.25) is 0 Å². The molecule has 2 N–H and O–H groups in total. The minimum atomic E-state index is -0.589. The lowest BCUT2D eigenvalue weighted by atomic mass is 9.91. The lowest BCUT2D eigenvalue weighted by Crippen LogP contribution is -2.19. The highest BCUT2D eigenvalue weighted by Gasteiger charge is 2.27. The van der Waals surface area contributed by atoms with Gasteiger partial charge < -0.3 is 20.1 Å². The van der Waals surface area contributed by atoms with Crippen molar-refractivity contribution in [2.24, 2.45) is 0 Å². The molecule has 0 spiro atoms. The largest absolute Gasteiger partial charge is 0.496 e. The zero-order valence-electron chi connectivity index (χ0n) is 19.1. The first-order chi connectivity index (χ1) is 16.7. The van der Waals surface area contributed by atoms with E-state index in [0.717, 1.165) is 22.5 Å². The summed E-state index contributed by atoms with van der Waals surface area (Å²) < 4.78 is 10.6. The van der Waals surface area contributed by atoms with Gasteiger partial charge >= 0.3 is 5.97 Å². The molecule has 0 aliphatic carbocycles. The minimum Gasteiger partial charge on any atom is -0.496 e. The third kappa shape index (κ3) is 5.50. The van der Waals surface area contributed by atoms with Crippen LogP contribution in [0.5, 0.6) is 5.75 Å². The average Bonchev–Trinajstić information content (AvgIpc) is 2.89. The molecule has 172 valence electrons. The molecular weight excluding hydrogens is 428 g/mol. The molecule has 3 aromatic carbocycles. The number of ether oxygens (including phenoxy) is 2. The Labute approximate surface area is 198 Å². The van der Waals surface area contributed by atoms with Crippen LogP contribution in [-0.2, 0) is 16.0 Å². The van der Waals surface area contributed by atoms with Crippen molar-refractivity contribution in [2.75, 3.05) is 24.9 Å². The van der Waals surface area contributed by atoms with E-state index in [1.807, 2.05) is 84.9 Å². The Bertz CT molecular complexity index is 1230. The molecule has 0 radical (unpaired) electrons. The van der Waals surface area contributed by atoms with Crippen LogP contribution in [0.4, 0.5) is 23.1 Å². The number of hydrogen-bond donors (Lipinski definition) is 2. The summed E-state index contributed by atoms with van der Waals surface area (Å²) in [6.45, 7) is 0. The van der Waals surface area contributed by atoms with Crippen molar-refractivity contribution < 1.29 is 14.3 Å². The Hall–Kier alpha value is -4.39. The smallest absolute Gasteiger partial charge is 0.313 e. The third-order valence-electron chi connectivity index (χ3n) is 5.36. The van der Waals surface area contributed by atoms with E-state index in [0.29, 0.717) is 23.9 Å². The molecule has 4 rings (SSSR count). The first-order valence-corrected chi connectivity index (χ1v) is 10.9. The van der Waals surface area contributed by atoms with Gasteiger partial charge in [0.15, 0.2) is 0 Å². The van der Waals surface area contributed by atoms with E-state index in [2.05, 4.69) is 15.6 Å². The predicted molar refractivity (Wildman–Crippen MR) is 133 cm³/mol. The highest BCUT2D eigenvalue weighted by molar-refractivity contribution is 5.80. The number of hydrogen-bond acceptors (Lipinski definition) is 7. The lowest BCUT2D eigenvalue weighted by molar-refractivity contribution is -0.142. The molecule has 0 saturated carbocycles. The van der Waals surface area contributed by atoms with Crippen molar-refractivity contribution in [3.63, 3.8) is 0 Å². The molecule has 0 aliphatic rings.